The Morgan fingerprint density at radius 2 is 1.94 bits per heavy atom. The fourth-order valence-electron chi connectivity index (χ4n) is 1.83. The molecule has 0 saturated carbocycles. The number of carbonyl (C=O) groups excluding carboxylic acids is 1. The maximum atomic E-state index is 11.7. The number of amides is 1. The van der Waals surface area contributed by atoms with Gasteiger partial charge in [-0.15, -0.1) is 24.0 Å². The summed E-state index contributed by atoms with van der Waals surface area (Å²) in [6.45, 7) is 7.55. The molecule has 0 aliphatic carbocycles. The Hall–Kier alpha value is -0.250. The van der Waals surface area contributed by atoms with Gasteiger partial charge in [0.25, 0.3) is 0 Å². The number of carbonyl (C=O) groups is 1. The lowest BCUT2D eigenvalue weighted by atomic mass is 10.1. The molecule has 16 heavy (non-hydrogen) atoms. The molecular weight excluding hydrogens is 247 g/mol. The summed E-state index contributed by atoms with van der Waals surface area (Å²) in [6, 6.07) is 0.721. The highest BCUT2D eigenvalue weighted by Crippen LogP contribution is 2.05. The standard InChI is InChI=1S/C11H19ClN2O.ClH/c1-8(12)4-5-11(15)14-6-9(2)13-10(3)7-14;/h4-5,8-10,13H,6-7H2,1-3H3;1H/b5-4+;. The maximum Gasteiger partial charge on any atom is 0.246 e. The van der Waals surface area contributed by atoms with Crippen molar-refractivity contribution in [2.75, 3.05) is 13.1 Å². The van der Waals surface area contributed by atoms with Crippen LogP contribution in [0.1, 0.15) is 20.8 Å². The first-order valence-electron chi connectivity index (χ1n) is 5.36. The molecule has 1 aliphatic rings. The van der Waals surface area contributed by atoms with Crippen molar-refractivity contribution in [1.29, 1.82) is 0 Å². The normalized spacial score (nSPS) is 27.6. The van der Waals surface area contributed by atoms with Gasteiger partial charge in [0.05, 0.1) is 0 Å². The SMILES string of the molecule is CC(Cl)/C=C/C(=O)N1CC(C)NC(C)C1.Cl. The van der Waals surface area contributed by atoms with E-state index in [0.717, 1.165) is 13.1 Å². The van der Waals surface area contributed by atoms with Crippen molar-refractivity contribution in [2.24, 2.45) is 0 Å². The molecule has 0 aromatic rings. The number of hydrogen-bond donors (Lipinski definition) is 1. The van der Waals surface area contributed by atoms with Crippen LogP contribution in [0.4, 0.5) is 0 Å². The van der Waals surface area contributed by atoms with Crippen LogP contribution in [0.5, 0.6) is 0 Å². The van der Waals surface area contributed by atoms with E-state index in [-0.39, 0.29) is 23.7 Å². The summed E-state index contributed by atoms with van der Waals surface area (Å²) in [5.74, 6) is 0.0581. The van der Waals surface area contributed by atoms with Crippen LogP contribution in [0.2, 0.25) is 0 Å². The molecule has 1 amide bonds. The molecule has 1 rings (SSSR count). The Morgan fingerprint density at radius 1 is 1.44 bits per heavy atom. The second-order valence-electron chi connectivity index (χ2n) is 4.25. The number of nitrogens with zero attached hydrogens (tertiary/aromatic N) is 1. The predicted octanol–water partition coefficient (Wildman–Crippen LogP) is 1.80. The summed E-state index contributed by atoms with van der Waals surface area (Å²) < 4.78 is 0. The molecule has 1 heterocycles. The molecule has 3 atom stereocenters. The minimum Gasteiger partial charge on any atom is -0.336 e. The topological polar surface area (TPSA) is 32.3 Å². The lowest BCUT2D eigenvalue weighted by Gasteiger charge is -2.35. The Kier molecular flexibility index (Phi) is 7.04. The molecule has 1 fully saturated rings. The van der Waals surface area contributed by atoms with Gasteiger partial charge in [0, 0.05) is 36.6 Å². The highest BCUT2D eigenvalue weighted by Gasteiger charge is 2.23. The molecular formula is C11H20Cl2N2O. The van der Waals surface area contributed by atoms with Crippen LogP contribution >= 0.6 is 24.0 Å². The first kappa shape index (κ1) is 15.8. The van der Waals surface area contributed by atoms with Crippen molar-refractivity contribution >= 4 is 29.9 Å². The Labute approximate surface area is 109 Å². The van der Waals surface area contributed by atoms with Crippen LogP contribution in [-0.2, 0) is 4.79 Å². The number of hydrogen-bond acceptors (Lipinski definition) is 2. The van der Waals surface area contributed by atoms with Crippen molar-refractivity contribution in [1.82, 2.24) is 10.2 Å². The predicted molar refractivity (Wildman–Crippen MR) is 70.3 cm³/mol. The Bertz CT molecular complexity index is 246. The van der Waals surface area contributed by atoms with Crippen molar-refractivity contribution < 1.29 is 4.79 Å². The van der Waals surface area contributed by atoms with Gasteiger partial charge in [0.2, 0.25) is 5.91 Å². The summed E-state index contributed by atoms with van der Waals surface area (Å²) >= 11 is 5.75. The third-order valence-corrected chi connectivity index (χ3v) is 2.52. The molecule has 0 spiro atoms. The van der Waals surface area contributed by atoms with Crippen molar-refractivity contribution in [3.63, 3.8) is 0 Å². The van der Waals surface area contributed by atoms with Crippen molar-refractivity contribution in [2.45, 2.75) is 38.2 Å². The van der Waals surface area contributed by atoms with Crippen molar-refractivity contribution in [3.05, 3.63) is 12.2 Å². The summed E-state index contributed by atoms with van der Waals surface area (Å²) in [5.41, 5.74) is 0. The van der Waals surface area contributed by atoms with Gasteiger partial charge in [0.1, 0.15) is 0 Å². The molecule has 0 aromatic heterocycles. The van der Waals surface area contributed by atoms with Gasteiger partial charge in [-0.1, -0.05) is 6.08 Å². The van der Waals surface area contributed by atoms with E-state index in [9.17, 15) is 4.79 Å². The molecule has 5 heteroatoms. The highest BCUT2D eigenvalue weighted by atomic mass is 35.5. The first-order chi connectivity index (χ1) is 6.99. The molecule has 0 aromatic carbocycles. The zero-order valence-electron chi connectivity index (χ0n) is 9.94. The minimum absolute atomic E-state index is 0. The minimum atomic E-state index is -0.0910. The highest BCUT2D eigenvalue weighted by molar-refractivity contribution is 6.21. The zero-order chi connectivity index (χ0) is 11.4. The summed E-state index contributed by atoms with van der Waals surface area (Å²) in [6.07, 6.45) is 3.30. The van der Waals surface area contributed by atoms with E-state index >= 15 is 0 Å². The molecule has 94 valence electrons. The van der Waals surface area contributed by atoms with E-state index in [0.29, 0.717) is 12.1 Å². The molecule has 3 nitrogen and oxygen atoms in total. The molecule has 3 unspecified atom stereocenters. The van der Waals surface area contributed by atoms with E-state index in [2.05, 4.69) is 19.2 Å². The van der Waals surface area contributed by atoms with Gasteiger partial charge in [-0.05, 0) is 20.8 Å². The second-order valence-corrected chi connectivity index (χ2v) is 4.94. The summed E-state index contributed by atoms with van der Waals surface area (Å²) in [4.78, 5) is 13.6. The molecule has 0 radical (unpaired) electrons. The van der Waals surface area contributed by atoms with Crippen molar-refractivity contribution in [3.8, 4) is 0 Å². The van der Waals surface area contributed by atoms with Gasteiger partial charge >= 0.3 is 0 Å². The monoisotopic (exact) mass is 266 g/mol. The van der Waals surface area contributed by atoms with E-state index < -0.39 is 0 Å². The van der Waals surface area contributed by atoms with Crippen LogP contribution in [-0.4, -0.2) is 41.4 Å². The molecule has 1 saturated heterocycles. The second kappa shape index (κ2) is 7.15. The van der Waals surface area contributed by atoms with Gasteiger partial charge < -0.3 is 10.2 Å². The number of nitrogens with one attached hydrogen (secondary N) is 1. The van der Waals surface area contributed by atoms with E-state index in [4.69, 9.17) is 11.6 Å². The fourth-order valence-corrected chi connectivity index (χ4v) is 1.90. The van der Waals surface area contributed by atoms with E-state index in [1.54, 1.807) is 12.2 Å². The molecule has 1 N–H and O–H groups in total. The number of piperazine rings is 1. The Balaban J connectivity index is 0.00000225. The van der Waals surface area contributed by atoms with E-state index in [1.807, 2.05) is 11.8 Å². The van der Waals surface area contributed by atoms with Crippen LogP contribution in [0.3, 0.4) is 0 Å². The third-order valence-electron chi connectivity index (χ3n) is 2.37. The number of halogens is 2. The lowest BCUT2D eigenvalue weighted by molar-refractivity contribution is -0.127. The molecule has 0 bridgehead atoms. The largest absolute Gasteiger partial charge is 0.336 e. The van der Waals surface area contributed by atoms with Gasteiger partial charge in [0.15, 0.2) is 0 Å². The first-order valence-corrected chi connectivity index (χ1v) is 5.80. The lowest BCUT2D eigenvalue weighted by Crippen LogP contribution is -2.55. The van der Waals surface area contributed by atoms with Gasteiger partial charge in [-0.25, -0.2) is 0 Å². The van der Waals surface area contributed by atoms with Crippen LogP contribution < -0.4 is 5.32 Å². The third kappa shape index (κ3) is 5.19. The fraction of sp³-hybridized carbons (Fsp3) is 0.727. The van der Waals surface area contributed by atoms with Crippen LogP contribution in [0.25, 0.3) is 0 Å². The number of alkyl halides is 1. The maximum absolute atomic E-state index is 11.7. The summed E-state index contributed by atoms with van der Waals surface area (Å²) in [5, 5.41) is 3.29. The quantitative estimate of drug-likeness (QED) is 0.611. The number of rotatable bonds is 2. The smallest absolute Gasteiger partial charge is 0.246 e. The van der Waals surface area contributed by atoms with Crippen LogP contribution in [0.15, 0.2) is 12.2 Å². The summed E-state index contributed by atoms with van der Waals surface area (Å²) in [7, 11) is 0. The van der Waals surface area contributed by atoms with Crippen LogP contribution in [0, 0.1) is 0 Å². The number of allylic oxidation sites excluding steroid dienone is 1. The Morgan fingerprint density at radius 3 is 2.38 bits per heavy atom. The zero-order valence-corrected chi connectivity index (χ0v) is 11.5. The average Bonchev–Trinajstić information content (AvgIpc) is 2.12. The van der Waals surface area contributed by atoms with Gasteiger partial charge in [-0.2, -0.15) is 0 Å². The molecule has 1 aliphatic heterocycles. The van der Waals surface area contributed by atoms with E-state index in [1.165, 1.54) is 0 Å². The average molecular weight is 267 g/mol. The van der Waals surface area contributed by atoms with Gasteiger partial charge in [-0.3, -0.25) is 4.79 Å².